The van der Waals surface area contributed by atoms with Crippen LogP contribution in [0.15, 0.2) is 0 Å². The zero-order valence-corrected chi connectivity index (χ0v) is 9.88. The number of nitrogens with one attached hydrogen (secondary N) is 2. The van der Waals surface area contributed by atoms with E-state index in [1.165, 1.54) is 0 Å². The first kappa shape index (κ1) is 13.0. The average Bonchev–Trinajstić information content (AvgIpc) is 2.61. The third-order valence-corrected chi connectivity index (χ3v) is 2.84. The van der Waals surface area contributed by atoms with Gasteiger partial charge in [-0.25, -0.2) is 0 Å². The molecule has 92 valence electrons. The second kappa shape index (κ2) is 5.30. The van der Waals surface area contributed by atoms with Crippen LogP contribution in [0.2, 0.25) is 0 Å². The van der Waals surface area contributed by atoms with Crippen LogP contribution in [0.5, 0.6) is 0 Å². The normalized spacial score (nSPS) is 20.7. The van der Waals surface area contributed by atoms with Crippen LogP contribution in [0.1, 0.15) is 33.1 Å². The Kier molecular flexibility index (Phi) is 4.29. The van der Waals surface area contributed by atoms with E-state index < -0.39 is 0 Å². The summed E-state index contributed by atoms with van der Waals surface area (Å²) in [4.78, 5) is 22.6. The minimum absolute atomic E-state index is 0.0604. The molecule has 0 aromatic rings. The van der Waals surface area contributed by atoms with E-state index in [-0.39, 0.29) is 29.9 Å². The van der Waals surface area contributed by atoms with Gasteiger partial charge < -0.3 is 15.7 Å². The van der Waals surface area contributed by atoms with E-state index in [2.05, 4.69) is 10.6 Å². The van der Waals surface area contributed by atoms with E-state index in [0.717, 1.165) is 0 Å². The summed E-state index contributed by atoms with van der Waals surface area (Å²) in [6.07, 6.45) is 1.65. The Balaban J connectivity index is 2.32. The molecule has 0 aliphatic carbocycles. The first-order chi connectivity index (χ1) is 7.44. The summed E-state index contributed by atoms with van der Waals surface area (Å²) < 4.78 is 0. The van der Waals surface area contributed by atoms with Gasteiger partial charge in [0.05, 0.1) is 0 Å². The molecule has 1 atom stereocenters. The van der Waals surface area contributed by atoms with Gasteiger partial charge in [-0.15, -0.1) is 0 Å². The first-order valence-electron chi connectivity index (χ1n) is 5.62. The highest BCUT2D eigenvalue weighted by atomic mass is 16.3. The second-order valence-corrected chi connectivity index (χ2v) is 5.01. The number of hydrogen-bond acceptors (Lipinski definition) is 3. The lowest BCUT2D eigenvalue weighted by molar-refractivity contribution is -0.126. The fourth-order valence-electron chi connectivity index (χ4n) is 1.65. The van der Waals surface area contributed by atoms with Crippen molar-refractivity contribution in [2.24, 2.45) is 5.41 Å². The van der Waals surface area contributed by atoms with Crippen LogP contribution in [0, 0.1) is 5.41 Å². The summed E-state index contributed by atoms with van der Waals surface area (Å²) in [6, 6.07) is -0.377. The molecule has 0 aromatic heterocycles. The number of rotatable bonds is 5. The predicted octanol–water partition coefficient (Wildman–Crippen LogP) is -0.210. The van der Waals surface area contributed by atoms with Gasteiger partial charge in [0.15, 0.2) is 0 Å². The second-order valence-electron chi connectivity index (χ2n) is 5.01. The van der Waals surface area contributed by atoms with Gasteiger partial charge in [0.1, 0.15) is 6.04 Å². The van der Waals surface area contributed by atoms with E-state index in [0.29, 0.717) is 25.8 Å². The number of amides is 2. The molecule has 0 aromatic carbocycles. The maximum Gasteiger partial charge on any atom is 0.242 e. The Morgan fingerprint density at radius 2 is 2.31 bits per heavy atom. The predicted molar refractivity (Wildman–Crippen MR) is 59.7 cm³/mol. The fourth-order valence-corrected chi connectivity index (χ4v) is 1.65. The van der Waals surface area contributed by atoms with Crippen molar-refractivity contribution in [2.45, 2.75) is 39.2 Å². The highest BCUT2D eigenvalue weighted by Gasteiger charge is 2.28. The topological polar surface area (TPSA) is 78.4 Å². The van der Waals surface area contributed by atoms with Crippen molar-refractivity contribution in [3.63, 3.8) is 0 Å². The van der Waals surface area contributed by atoms with Crippen molar-refractivity contribution in [3.8, 4) is 0 Å². The molecule has 0 radical (unpaired) electrons. The molecule has 5 heteroatoms. The Hall–Kier alpha value is -1.10. The lowest BCUT2D eigenvalue weighted by Gasteiger charge is -2.24. The lowest BCUT2D eigenvalue weighted by atomic mass is 9.89. The van der Waals surface area contributed by atoms with Crippen LogP contribution in [0.25, 0.3) is 0 Å². The van der Waals surface area contributed by atoms with Crippen molar-refractivity contribution < 1.29 is 14.7 Å². The van der Waals surface area contributed by atoms with Crippen LogP contribution in [0.4, 0.5) is 0 Å². The van der Waals surface area contributed by atoms with Gasteiger partial charge >= 0.3 is 0 Å². The molecule has 1 aliphatic rings. The molecule has 0 saturated carbocycles. The molecule has 0 spiro atoms. The number of aliphatic hydroxyl groups excluding tert-OH is 1. The molecule has 2 amide bonds. The third kappa shape index (κ3) is 3.81. The van der Waals surface area contributed by atoms with Crippen molar-refractivity contribution in [3.05, 3.63) is 0 Å². The Labute approximate surface area is 95.6 Å². The molecule has 1 rings (SSSR count). The van der Waals surface area contributed by atoms with E-state index in [1.807, 2.05) is 13.8 Å². The molecule has 5 nitrogen and oxygen atoms in total. The van der Waals surface area contributed by atoms with Gasteiger partial charge in [0, 0.05) is 19.6 Å². The van der Waals surface area contributed by atoms with Crippen molar-refractivity contribution in [1.29, 1.82) is 0 Å². The SMILES string of the molecule is CC(C)(CCO)CNC(=O)[C@@H]1CCC(=O)N1. The molecular formula is C11H20N2O3. The molecule has 3 N–H and O–H groups in total. The average molecular weight is 228 g/mol. The van der Waals surface area contributed by atoms with Gasteiger partial charge in [-0.3, -0.25) is 9.59 Å². The number of carbonyl (C=O) groups is 2. The standard InChI is InChI=1S/C11H20N2O3/c1-11(2,5-6-14)7-12-10(16)8-3-4-9(15)13-8/h8,14H,3-7H2,1-2H3,(H,12,16)(H,13,15)/t8-/m0/s1. The Morgan fingerprint density at radius 1 is 1.62 bits per heavy atom. The summed E-state index contributed by atoms with van der Waals surface area (Å²) in [5.74, 6) is -0.188. The van der Waals surface area contributed by atoms with Crippen molar-refractivity contribution >= 4 is 11.8 Å². The summed E-state index contributed by atoms with van der Waals surface area (Å²) in [5, 5.41) is 14.3. The summed E-state index contributed by atoms with van der Waals surface area (Å²) >= 11 is 0. The third-order valence-electron chi connectivity index (χ3n) is 2.84. The molecular weight excluding hydrogens is 208 g/mol. The Morgan fingerprint density at radius 3 is 2.81 bits per heavy atom. The van der Waals surface area contributed by atoms with Crippen LogP contribution in [-0.2, 0) is 9.59 Å². The molecule has 1 heterocycles. The monoisotopic (exact) mass is 228 g/mol. The van der Waals surface area contributed by atoms with Crippen molar-refractivity contribution in [2.75, 3.05) is 13.2 Å². The van der Waals surface area contributed by atoms with Gasteiger partial charge in [0.25, 0.3) is 0 Å². The fraction of sp³-hybridized carbons (Fsp3) is 0.818. The molecule has 0 unspecified atom stereocenters. The van der Waals surface area contributed by atoms with Gasteiger partial charge in [-0.1, -0.05) is 13.8 Å². The number of aliphatic hydroxyl groups is 1. The Bertz CT molecular complexity index is 276. The van der Waals surface area contributed by atoms with Crippen LogP contribution in [-0.4, -0.2) is 36.1 Å². The highest BCUT2D eigenvalue weighted by Crippen LogP contribution is 2.18. The van der Waals surface area contributed by atoms with E-state index in [1.54, 1.807) is 0 Å². The maximum absolute atomic E-state index is 11.7. The number of carbonyl (C=O) groups excluding carboxylic acids is 2. The summed E-state index contributed by atoms with van der Waals surface area (Å²) in [5.41, 5.74) is -0.118. The largest absolute Gasteiger partial charge is 0.396 e. The molecule has 1 saturated heterocycles. The van der Waals surface area contributed by atoms with Crippen LogP contribution in [0.3, 0.4) is 0 Å². The first-order valence-corrected chi connectivity index (χ1v) is 5.62. The summed E-state index contributed by atoms with van der Waals surface area (Å²) in [6.45, 7) is 4.59. The lowest BCUT2D eigenvalue weighted by Crippen LogP contribution is -2.44. The molecule has 0 bridgehead atoms. The van der Waals surface area contributed by atoms with Crippen molar-refractivity contribution in [1.82, 2.24) is 10.6 Å². The molecule has 1 fully saturated rings. The van der Waals surface area contributed by atoms with E-state index >= 15 is 0 Å². The maximum atomic E-state index is 11.7. The van der Waals surface area contributed by atoms with Gasteiger partial charge in [0.2, 0.25) is 11.8 Å². The molecule has 16 heavy (non-hydrogen) atoms. The van der Waals surface area contributed by atoms with Crippen LogP contribution >= 0.6 is 0 Å². The summed E-state index contributed by atoms with van der Waals surface area (Å²) in [7, 11) is 0. The smallest absolute Gasteiger partial charge is 0.242 e. The molecule has 1 aliphatic heterocycles. The van der Waals surface area contributed by atoms with Crippen LogP contribution < -0.4 is 10.6 Å². The minimum atomic E-state index is -0.377. The zero-order chi connectivity index (χ0) is 12.2. The number of hydrogen-bond donors (Lipinski definition) is 3. The van der Waals surface area contributed by atoms with Gasteiger partial charge in [-0.2, -0.15) is 0 Å². The minimum Gasteiger partial charge on any atom is -0.396 e. The van der Waals surface area contributed by atoms with E-state index in [4.69, 9.17) is 5.11 Å². The van der Waals surface area contributed by atoms with Gasteiger partial charge in [-0.05, 0) is 18.3 Å². The highest BCUT2D eigenvalue weighted by molar-refractivity contribution is 5.90. The zero-order valence-electron chi connectivity index (χ0n) is 9.88. The quantitative estimate of drug-likeness (QED) is 0.609. The van der Waals surface area contributed by atoms with E-state index in [9.17, 15) is 9.59 Å².